The molecule has 1 N–H and O–H groups in total. The van der Waals surface area contributed by atoms with Gasteiger partial charge < -0.3 is 5.11 Å². The average molecular weight is 269 g/mol. The Morgan fingerprint density at radius 2 is 1.60 bits per heavy atom. The van der Waals surface area contributed by atoms with Crippen LogP contribution in [-0.4, -0.2) is 17.9 Å². The lowest BCUT2D eigenvalue weighted by Gasteiger charge is -2.24. The maximum absolute atomic E-state index is 13.1. The van der Waals surface area contributed by atoms with E-state index in [0.717, 1.165) is 16.9 Å². The molecule has 2 aromatic rings. The summed E-state index contributed by atoms with van der Waals surface area (Å²) in [6.45, 7) is -0.0719. The van der Waals surface area contributed by atoms with Crippen LogP contribution in [0.5, 0.6) is 0 Å². The number of hydrogen-bond acceptors (Lipinski definition) is 2. The quantitative estimate of drug-likeness (QED) is 0.852. The molecule has 1 unspecified atom stereocenters. The minimum absolute atomic E-state index is 0.0719. The van der Waals surface area contributed by atoms with Crippen molar-refractivity contribution in [3.63, 3.8) is 0 Å². The lowest BCUT2D eigenvalue weighted by molar-refractivity contribution is 0.336. The fourth-order valence-electron chi connectivity index (χ4n) is 2.31. The summed E-state index contributed by atoms with van der Waals surface area (Å²) < 4.78 is 13.3. The predicted octanol–water partition coefficient (Wildman–Crippen LogP) is 3.34. The van der Waals surface area contributed by atoms with Gasteiger partial charge in [-0.2, -0.15) is 0 Å². The molecule has 4 heteroatoms. The second kappa shape index (κ2) is 5.00. The van der Waals surface area contributed by atoms with Crippen molar-refractivity contribution >= 4 is 17.6 Å². The highest BCUT2D eigenvalue weighted by molar-refractivity contribution is 5.85. The van der Waals surface area contributed by atoms with Gasteiger partial charge in [-0.1, -0.05) is 23.3 Å². The summed E-state index contributed by atoms with van der Waals surface area (Å²) in [6, 6.07) is 15.9. The van der Waals surface area contributed by atoms with Gasteiger partial charge in [-0.25, -0.2) is 4.39 Å². The van der Waals surface area contributed by atoms with Crippen LogP contribution < -0.4 is 4.59 Å². The molecule has 0 fully saturated rings. The van der Waals surface area contributed by atoms with Crippen molar-refractivity contribution < 1.29 is 9.50 Å². The summed E-state index contributed by atoms with van der Waals surface area (Å²) in [5, 5.41) is 13.8. The van der Waals surface area contributed by atoms with Crippen molar-refractivity contribution in [1.29, 1.82) is 0 Å². The Balaban J connectivity index is 2.18. The van der Waals surface area contributed by atoms with Gasteiger partial charge in [0, 0.05) is 24.3 Å². The third-order valence-corrected chi connectivity index (χ3v) is 3.31. The summed E-state index contributed by atoms with van der Waals surface area (Å²) in [5.41, 5.74) is 2.48. The first kappa shape index (κ1) is 12.7. The van der Waals surface area contributed by atoms with Crippen LogP contribution in [0.2, 0.25) is 0 Å². The Bertz CT molecular complexity index is 665. The highest BCUT2D eigenvalue weighted by Crippen LogP contribution is 2.38. The number of rotatable bonds is 3. The zero-order valence-corrected chi connectivity index (χ0v) is 10.8. The van der Waals surface area contributed by atoms with Crippen molar-refractivity contribution in [3.05, 3.63) is 72.2 Å². The molecule has 0 bridgehead atoms. The van der Waals surface area contributed by atoms with Crippen LogP contribution in [0.1, 0.15) is 0 Å². The Kier molecular flexibility index (Phi) is 3.18. The van der Waals surface area contributed by atoms with E-state index in [1.807, 2.05) is 36.5 Å². The Labute approximate surface area is 116 Å². The maximum atomic E-state index is 13.1. The number of hydrogen-bond donors (Lipinski definition) is 1. The normalized spacial score (nSPS) is 21.0. The molecule has 1 heterocycles. The molecule has 0 radical (unpaired) electrons. The monoisotopic (exact) mass is 269 g/mol. The number of aliphatic hydroxyl groups is 1. The van der Waals surface area contributed by atoms with Gasteiger partial charge in [0.2, 0.25) is 0 Å². The molecule has 0 saturated heterocycles. The van der Waals surface area contributed by atoms with E-state index in [4.69, 9.17) is 0 Å². The fraction of sp³-hybridized carbons (Fsp3) is 0.0625. The van der Waals surface area contributed by atoms with Gasteiger partial charge in [-0.15, -0.1) is 4.59 Å². The van der Waals surface area contributed by atoms with Crippen LogP contribution in [0.4, 0.5) is 15.8 Å². The van der Waals surface area contributed by atoms with E-state index in [9.17, 15) is 9.50 Å². The molecule has 20 heavy (non-hydrogen) atoms. The van der Waals surface area contributed by atoms with Gasteiger partial charge in [-0.05, 0) is 12.1 Å². The van der Waals surface area contributed by atoms with Gasteiger partial charge in [-0.3, -0.25) is 0 Å². The zero-order chi connectivity index (χ0) is 14.0. The molecule has 0 aliphatic carbocycles. The molecule has 0 amide bonds. The molecule has 1 aliphatic heterocycles. The van der Waals surface area contributed by atoms with Gasteiger partial charge in [0.15, 0.2) is 11.4 Å². The Hall–Kier alpha value is -2.30. The minimum atomic E-state index is -0.283. The zero-order valence-electron chi connectivity index (χ0n) is 10.8. The SMILES string of the molecule is OCC1=C[N+](c2ccccc2)(c2ccc(F)cc2)N=C1. The molecule has 3 rings (SSSR count). The van der Waals surface area contributed by atoms with E-state index in [1.54, 1.807) is 18.3 Å². The van der Waals surface area contributed by atoms with Gasteiger partial charge in [0.25, 0.3) is 0 Å². The number of para-hydroxylation sites is 1. The Morgan fingerprint density at radius 1 is 0.950 bits per heavy atom. The molecule has 0 saturated carbocycles. The number of aliphatic hydroxyl groups excluding tert-OH is 1. The molecule has 100 valence electrons. The van der Waals surface area contributed by atoms with Crippen molar-refractivity contribution in [2.45, 2.75) is 0 Å². The number of halogens is 1. The van der Waals surface area contributed by atoms with E-state index < -0.39 is 0 Å². The van der Waals surface area contributed by atoms with E-state index in [-0.39, 0.29) is 17.0 Å². The number of nitrogens with zero attached hydrogens (tertiary/aromatic N) is 2. The van der Waals surface area contributed by atoms with Gasteiger partial charge >= 0.3 is 0 Å². The summed E-state index contributed by atoms with van der Waals surface area (Å²) >= 11 is 0. The van der Waals surface area contributed by atoms with Crippen molar-refractivity contribution in [2.24, 2.45) is 5.10 Å². The standard InChI is InChI=1S/C16H14FN2O/c17-14-6-8-16(9-7-14)19(11-13(12-20)10-18-19)15-4-2-1-3-5-15/h1-11,20H,12H2/q+1. The molecule has 3 nitrogen and oxygen atoms in total. The second-order valence-electron chi connectivity index (χ2n) is 4.60. The Morgan fingerprint density at radius 3 is 2.20 bits per heavy atom. The number of benzene rings is 2. The van der Waals surface area contributed by atoms with Crippen LogP contribution in [0.25, 0.3) is 0 Å². The third kappa shape index (κ3) is 2.05. The minimum Gasteiger partial charge on any atom is -0.391 e. The summed E-state index contributed by atoms with van der Waals surface area (Å²) in [4.78, 5) is 0. The average Bonchev–Trinajstić information content (AvgIpc) is 2.94. The smallest absolute Gasteiger partial charge is 0.169 e. The predicted molar refractivity (Wildman–Crippen MR) is 78.0 cm³/mol. The van der Waals surface area contributed by atoms with Gasteiger partial charge in [0.05, 0.1) is 18.4 Å². The fourth-order valence-corrected chi connectivity index (χ4v) is 2.31. The summed E-state index contributed by atoms with van der Waals surface area (Å²) in [5.74, 6) is -0.283. The molecule has 0 aromatic heterocycles. The van der Waals surface area contributed by atoms with Crippen LogP contribution in [-0.2, 0) is 0 Å². The molecular formula is C16H14FN2O+. The van der Waals surface area contributed by atoms with E-state index in [2.05, 4.69) is 5.10 Å². The lowest BCUT2D eigenvalue weighted by Crippen LogP contribution is -2.29. The van der Waals surface area contributed by atoms with Crippen molar-refractivity contribution in [2.75, 3.05) is 6.61 Å². The molecule has 1 aliphatic rings. The van der Waals surface area contributed by atoms with Gasteiger partial charge in [0.1, 0.15) is 12.0 Å². The van der Waals surface area contributed by atoms with Crippen LogP contribution in [0.3, 0.4) is 0 Å². The second-order valence-corrected chi connectivity index (χ2v) is 4.60. The highest BCUT2D eigenvalue weighted by atomic mass is 19.1. The molecule has 1 atom stereocenters. The first-order chi connectivity index (χ1) is 9.74. The van der Waals surface area contributed by atoms with Crippen molar-refractivity contribution in [3.8, 4) is 0 Å². The number of quaternary nitrogens is 1. The molecule has 2 aromatic carbocycles. The topological polar surface area (TPSA) is 32.6 Å². The lowest BCUT2D eigenvalue weighted by atomic mass is 10.2. The molecular weight excluding hydrogens is 255 g/mol. The van der Waals surface area contributed by atoms with E-state index in [1.165, 1.54) is 12.1 Å². The maximum Gasteiger partial charge on any atom is 0.169 e. The van der Waals surface area contributed by atoms with Crippen LogP contribution >= 0.6 is 0 Å². The van der Waals surface area contributed by atoms with Crippen LogP contribution in [0, 0.1) is 5.82 Å². The summed E-state index contributed by atoms with van der Waals surface area (Å²) in [6.07, 6.45) is 3.51. The van der Waals surface area contributed by atoms with Crippen molar-refractivity contribution in [1.82, 2.24) is 4.59 Å². The van der Waals surface area contributed by atoms with E-state index in [0.29, 0.717) is 0 Å². The third-order valence-electron chi connectivity index (χ3n) is 3.31. The molecule has 0 spiro atoms. The largest absolute Gasteiger partial charge is 0.391 e. The first-order valence-corrected chi connectivity index (χ1v) is 6.33. The highest BCUT2D eigenvalue weighted by Gasteiger charge is 2.35. The van der Waals surface area contributed by atoms with Crippen LogP contribution in [0.15, 0.2) is 71.5 Å². The first-order valence-electron chi connectivity index (χ1n) is 6.33. The van der Waals surface area contributed by atoms with E-state index >= 15 is 0 Å². The summed E-state index contributed by atoms with van der Waals surface area (Å²) in [7, 11) is 0.